The van der Waals surface area contributed by atoms with Crippen LogP contribution >= 0.6 is 0 Å². The number of hydrogen-bond donors (Lipinski definition) is 2. The van der Waals surface area contributed by atoms with Gasteiger partial charge >= 0.3 is 0 Å². The molecule has 4 N–H and O–H groups in total. The van der Waals surface area contributed by atoms with Gasteiger partial charge < -0.3 is 11.5 Å². The predicted octanol–water partition coefficient (Wildman–Crippen LogP) is 1.83. The number of aromatic nitrogens is 4. The number of rotatable bonds is 2. The van der Waals surface area contributed by atoms with Gasteiger partial charge in [-0.3, -0.25) is 0 Å². The average Bonchev–Trinajstić information content (AvgIpc) is 2.26. The predicted molar refractivity (Wildman–Crippen MR) is 72.1 cm³/mol. The lowest BCUT2D eigenvalue weighted by atomic mass is 10.1. The molecule has 0 fully saturated rings. The van der Waals surface area contributed by atoms with Gasteiger partial charge in [0.05, 0.1) is 11.4 Å². The van der Waals surface area contributed by atoms with E-state index >= 15 is 0 Å². The normalized spacial score (nSPS) is 11.7. The van der Waals surface area contributed by atoms with Crippen molar-refractivity contribution in [1.82, 2.24) is 19.9 Å². The number of nitrogens with zero attached hydrogens (tertiary/aromatic N) is 4. The smallest absolute Gasteiger partial charge is 0.222 e. The van der Waals surface area contributed by atoms with Crippen LogP contribution in [0.3, 0.4) is 0 Å². The Labute approximate surface area is 106 Å². The van der Waals surface area contributed by atoms with E-state index in [2.05, 4.69) is 19.9 Å². The van der Waals surface area contributed by atoms with E-state index in [1.54, 1.807) is 0 Å². The third kappa shape index (κ3) is 2.05. The van der Waals surface area contributed by atoms with Gasteiger partial charge in [0, 0.05) is 0 Å². The van der Waals surface area contributed by atoms with Crippen LogP contribution in [-0.2, 0) is 0 Å². The molecule has 2 rings (SSSR count). The first kappa shape index (κ1) is 12.5. The summed E-state index contributed by atoms with van der Waals surface area (Å²) in [4.78, 5) is 17.2. The molecule has 0 unspecified atom stereocenters. The van der Waals surface area contributed by atoms with E-state index in [1.807, 2.05) is 27.7 Å². The molecule has 0 atom stereocenters. The summed E-state index contributed by atoms with van der Waals surface area (Å²) in [6.07, 6.45) is 0. The fourth-order valence-electron chi connectivity index (χ4n) is 1.84. The highest BCUT2D eigenvalue weighted by Gasteiger charge is 2.16. The molecule has 0 aliphatic rings. The first-order valence-electron chi connectivity index (χ1n) is 6.00. The zero-order valence-corrected chi connectivity index (χ0v) is 11.1. The lowest BCUT2D eigenvalue weighted by Gasteiger charge is -2.12. The molecule has 0 amide bonds. The molecule has 0 aliphatic carbocycles. The van der Waals surface area contributed by atoms with Gasteiger partial charge in [0.25, 0.3) is 0 Å². The van der Waals surface area contributed by atoms with Gasteiger partial charge in [0.15, 0.2) is 5.65 Å². The fraction of sp³-hybridized carbons (Fsp3) is 0.500. The topological polar surface area (TPSA) is 104 Å². The van der Waals surface area contributed by atoms with Crippen LogP contribution in [0.25, 0.3) is 11.2 Å². The van der Waals surface area contributed by atoms with Crippen molar-refractivity contribution in [3.05, 3.63) is 11.4 Å². The Kier molecular flexibility index (Phi) is 3.02. The summed E-state index contributed by atoms with van der Waals surface area (Å²) in [6.45, 7) is 8.13. The molecule has 2 heterocycles. The molecule has 2 aromatic rings. The van der Waals surface area contributed by atoms with Gasteiger partial charge in [0.2, 0.25) is 5.95 Å². The largest absolute Gasteiger partial charge is 0.382 e. The van der Waals surface area contributed by atoms with Gasteiger partial charge in [-0.2, -0.15) is 4.98 Å². The van der Waals surface area contributed by atoms with Gasteiger partial charge in [-0.05, 0) is 11.8 Å². The molecule has 6 nitrogen and oxygen atoms in total. The van der Waals surface area contributed by atoms with Crippen molar-refractivity contribution in [3.63, 3.8) is 0 Å². The summed E-state index contributed by atoms with van der Waals surface area (Å²) in [5.74, 6) is 1.03. The van der Waals surface area contributed by atoms with Gasteiger partial charge in [-0.15, -0.1) is 0 Å². The Bertz CT molecular complexity index is 591. The zero-order chi connectivity index (χ0) is 13.4. The molecule has 0 saturated carbocycles. The maximum absolute atomic E-state index is 5.89. The number of hydrogen-bond acceptors (Lipinski definition) is 6. The van der Waals surface area contributed by atoms with Crippen LogP contribution in [0.4, 0.5) is 11.8 Å². The van der Waals surface area contributed by atoms with Gasteiger partial charge in [0.1, 0.15) is 11.3 Å². The molecule has 0 saturated heterocycles. The van der Waals surface area contributed by atoms with Crippen LogP contribution in [0.1, 0.15) is 50.9 Å². The molecule has 0 aliphatic heterocycles. The molecular formula is C12H18N6. The highest BCUT2D eigenvalue weighted by atomic mass is 15.1. The van der Waals surface area contributed by atoms with Crippen LogP contribution in [0.15, 0.2) is 0 Å². The van der Waals surface area contributed by atoms with Crippen LogP contribution in [0.2, 0.25) is 0 Å². The van der Waals surface area contributed by atoms with Crippen LogP contribution < -0.4 is 11.5 Å². The third-order valence-corrected chi connectivity index (χ3v) is 2.72. The van der Waals surface area contributed by atoms with Gasteiger partial charge in [-0.1, -0.05) is 27.7 Å². The summed E-state index contributed by atoms with van der Waals surface area (Å²) < 4.78 is 0. The van der Waals surface area contributed by atoms with Crippen LogP contribution in [0.5, 0.6) is 0 Å². The summed E-state index contributed by atoms with van der Waals surface area (Å²) >= 11 is 0. The van der Waals surface area contributed by atoms with E-state index in [4.69, 9.17) is 11.5 Å². The average molecular weight is 246 g/mol. The second-order valence-electron chi connectivity index (χ2n) is 4.94. The minimum Gasteiger partial charge on any atom is -0.382 e. The number of anilines is 2. The Morgan fingerprint density at radius 3 is 1.94 bits per heavy atom. The standard InChI is InChI=1S/C12H18N6/c1-5(2)7-9-11(18-12(14)16-7)17-10(13)8(15-9)6(3)4/h5-6H,1-4H3,(H4,13,14,16,17,18). The molecule has 2 aromatic heterocycles. The molecule has 96 valence electrons. The maximum atomic E-state index is 5.89. The Morgan fingerprint density at radius 1 is 0.778 bits per heavy atom. The monoisotopic (exact) mass is 246 g/mol. The number of nitrogen functional groups attached to an aromatic ring is 2. The Morgan fingerprint density at radius 2 is 1.39 bits per heavy atom. The van der Waals surface area contributed by atoms with E-state index in [9.17, 15) is 0 Å². The maximum Gasteiger partial charge on any atom is 0.222 e. The number of nitrogens with two attached hydrogens (primary N) is 2. The Hall–Kier alpha value is -1.98. The van der Waals surface area contributed by atoms with Crippen molar-refractivity contribution in [3.8, 4) is 0 Å². The first-order valence-corrected chi connectivity index (χ1v) is 6.00. The van der Waals surface area contributed by atoms with Crippen LogP contribution in [-0.4, -0.2) is 19.9 Å². The first-order chi connectivity index (χ1) is 8.40. The fourth-order valence-corrected chi connectivity index (χ4v) is 1.84. The quantitative estimate of drug-likeness (QED) is 0.837. The second-order valence-corrected chi connectivity index (χ2v) is 4.94. The molecular weight excluding hydrogens is 228 g/mol. The minimum absolute atomic E-state index is 0.204. The SMILES string of the molecule is CC(C)c1nc2c(C(C)C)nc(N)nc2nc1N. The second kappa shape index (κ2) is 4.36. The van der Waals surface area contributed by atoms with Crippen molar-refractivity contribution in [1.29, 1.82) is 0 Å². The summed E-state index contributed by atoms with van der Waals surface area (Å²) in [5.41, 5.74) is 14.3. The zero-order valence-electron chi connectivity index (χ0n) is 11.1. The molecule has 6 heteroatoms. The lowest BCUT2D eigenvalue weighted by molar-refractivity contribution is 0.803. The number of fused-ring (bicyclic) bond motifs is 1. The summed E-state index contributed by atoms with van der Waals surface area (Å²) in [7, 11) is 0. The van der Waals surface area contributed by atoms with Crippen molar-refractivity contribution in [2.45, 2.75) is 39.5 Å². The van der Waals surface area contributed by atoms with E-state index < -0.39 is 0 Å². The summed E-state index contributed by atoms with van der Waals surface area (Å²) in [6, 6.07) is 0. The molecule has 0 radical (unpaired) electrons. The van der Waals surface area contributed by atoms with Crippen molar-refractivity contribution in [2.24, 2.45) is 0 Å². The van der Waals surface area contributed by atoms with E-state index in [0.29, 0.717) is 17.0 Å². The third-order valence-electron chi connectivity index (χ3n) is 2.72. The van der Waals surface area contributed by atoms with E-state index in [1.165, 1.54) is 0 Å². The van der Waals surface area contributed by atoms with Crippen molar-refractivity contribution >= 4 is 22.9 Å². The van der Waals surface area contributed by atoms with Crippen LogP contribution in [0, 0.1) is 0 Å². The molecule has 0 spiro atoms. The Balaban J connectivity index is 2.81. The minimum atomic E-state index is 0.204. The van der Waals surface area contributed by atoms with Crippen molar-refractivity contribution in [2.75, 3.05) is 11.5 Å². The lowest BCUT2D eigenvalue weighted by Crippen LogP contribution is -2.09. The molecule has 0 bridgehead atoms. The van der Waals surface area contributed by atoms with Gasteiger partial charge in [-0.25, -0.2) is 15.0 Å². The van der Waals surface area contributed by atoms with Crippen molar-refractivity contribution < 1.29 is 0 Å². The summed E-state index contributed by atoms with van der Waals surface area (Å²) in [5, 5.41) is 0. The highest BCUT2D eigenvalue weighted by molar-refractivity contribution is 5.76. The molecule has 0 aromatic carbocycles. The van der Waals surface area contributed by atoms with E-state index in [0.717, 1.165) is 11.4 Å². The van der Waals surface area contributed by atoms with E-state index in [-0.39, 0.29) is 17.8 Å². The highest BCUT2D eigenvalue weighted by Crippen LogP contribution is 2.25. The molecule has 18 heavy (non-hydrogen) atoms.